The van der Waals surface area contributed by atoms with Gasteiger partial charge >= 0.3 is 0 Å². The third-order valence-corrected chi connectivity index (χ3v) is 7.19. The second-order valence-corrected chi connectivity index (χ2v) is 10.5. The number of aromatic nitrogens is 2. The van der Waals surface area contributed by atoms with Gasteiger partial charge in [-0.3, -0.25) is 14.3 Å². The molecule has 0 saturated carbocycles. The molecule has 1 fully saturated rings. The highest BCUT2D eigenvalue weighted by Crippen LogP contribution is 2.36. The molecule has 37 heavy (non-hydrogen) atoms. The van der Waals surface area contributed by atoms with Crippen LogP contribution in [0.2, 0.25) is 5.02 Å². The first-order valence-electron chi connectivity index (χ1n) is 12.7. The quantitative estimate of drug-likeness (QED) is 0.385. The lowest BCUT2D eigenvalue weighted by molar-refractivity contribution is -0.141. The van der Waals surface area contributed by atoms with Crippen molar-refractivity contribution in [1.29, 1.82) is 0 Å². The van der Waals surface area contributed by atoms with Gasteiger partial charge in [-0.05, 0) is 48.6 Å². The number of halogens is 1. The van der Waals surface area contributed by atoms with Crippen LogP contribution in [0, 0.1) is 5.41 Å². The molecule has 0 aliphatic carbocycles. The van der Waals surface area contributed by atoms with Crippen LogP contribution in [-0.2, 0) is 29.6 Å². The number of nitrogens with zero attached hydrogens (tertiary/aromatic N) is 4. The number of carbonyl (C=O) groups excluding carboxylic acids is 2. The van der Waals surface area contributed by atoms with Gasteiger partial charge < -0.3 is 14.5 Å². The summed E-state index contributed by atoms with van der Waals surface area (Å²) in [5.41, 5.74) is 1.64. The number of rotatable bonds is 10. The van der Waals surface area contributed by atoms with Crippen LogP contribution in [0.15, 0.2) is 67.0 Å². The third kappa shape index (κ3) is 7.59. The Morgan fingerprint density at radius 3 is 2.68 bits per heavy atom. The average Bonchev–Trinajstić information content (AvgIpc) is 3.32. The van der Waals surface area contributed by atoms with Gasteiger partial charge in [-0.15, -0.1) is 0 Å². The molecule has 8 heteroatoms. The van der Waals surface area contributed by atoms with Crippen molar-refractivity contribution in [1.82, 2.24) is 19.6 Å². The first-order valence-corrected chi connectivity index (χ1v) is 13.1. The van der Waals surface area contributed by atoms with Crippen LogP contribution in [-0.4, -0.2) is 58.1 Å². The van der Waals surface area contributed by atoms with Crippen LogP contribution in [0.4, 0.5) is 0 Å². The predicted octanol–water partition coefficient (Wildman–Crippen LogP) is 4.74. The maximum absolute atomic E-state index is 13.4. The highest BCUT2D eigenvalue weighted by molar-refractivity contribution is 6.30. The molecule has 1 atom stereocenters. The number of hydrogen-bond donors (Lipinski definition) is 0. The summed E-state index contributed by atoms with van der Waals surface area (Å²) in [7, 11) is 3.70. The van der Waals surface area contributed by atoms with Crippen molar-refractivity contribution >= 4 is 23.4 Å². The zero-order chi connectivity index (χ0) is 26.3. The number of hydrogen-bond acceptors (Lipinski definition) is 4. The fraction of sp³-hybridized carbons (Fsp3) is 0.414. The molecule has 0 bridgehead atoms. The smallest absolute Gasteiger partial charge is 0.223 e. The van der Waals surface area contributed by atoms with E-state index in [1.165, 1.54) is 0 Å². The summed E-state index contributed by atoms with van der Waals surface area (Å²) >= 11 is 6.16. The molecular formula is C29H35ClN4O3. The van der Waals surface area contributed by atoms with Crippen LogP contribution in [0.5, 0.6) is 5.75 Å². The molecule has 0 unspecified atom stereocenters. The van der Waals surface area contributed by atoms with Crippen molar-refractivity contribution in [3.63, 3.8) is 0 Å². The zero-order valence-electron chi connectivity index (χ0n) is 21.6. The maximum atomic E-state index is 13.4. The van der Waals surface area contributed by atoms with Gasteiger partial charge in [-0.25, -0.2) is 0 Å². The number of piperidine rings is 1. The van der Waals surface area contributed by atoms with Crippen molar-refractivity contribution in [3.05, 3.63) is 83.1 Å². The first-order chi connectivity index (χ1) is 17.8. The molecule has 1 aliphatic heterocycles. The molecule has 196 valence electrons. The van der Waals surface area contributed by atoms with Gasteiger partial charge in [0, 0.05) is 63.2 Å². The number of benzene rings is 2. The van der Waals surface area contributed by atoms with Crippen LogP contribution < -0.4 is 4.74 Å². The molecule has 2 amide bonds. The Balaban J connectivity index is 1.46. The fourth-order valence-corrected chi connectivity index (χ4v) is 5.12. The summed E-state index contributed by atoms with van der Waals surface area (Å²) in [5, 5.41) is 4.79. The van der Waals surface area contributed by atoms with Gasteiger partial charge in [0.15, 0.2) is 0 Å². The topological polar surface area (TPSA) is 67.7 Å². The summed E-state index contributed by atoms with van der Waals surface area (Å²) < 4.78 is 7.93. The fourth-order valence-electron chi connectivity index (χ4n) is 4.94. The number of aryl methyl sites for hydroxylation is 2. The largest absolute Gasteiger partial charge is 0.493 e. The molecule has 4 rings (SSSR count). The maximum Gasteiger partial charge on any atom is 0.223 e. The lowest BCUT2D eigenvalue weighted by Crippen LogP contribution is -2.50. The molecule has 0 N–H and O–H groups in total. The molecule has 2 heterocycles. The van der Waals surface area contributed by atoms with Crippen molar-refractivity contribution in [3.8, 4) is 5.75 Å². The van der Waals surface area contributed by atoms with E-state index in [1.807, 2.05) is 67.7 Å². The van der Waals surface area contributed by atoms with Gasteiger partial charge in [-0.1, -0.05) is 48.0 Å². The third-order valence-electron chi connectivity index (χ3n) is 6.96. The Bertz CT molecular complexity index is 1200. The minimum atomic E-state index is -0.480. The van der Waals surface area contributed by atoms with E-state index >= 15 is 0 Å². The summed E-state index contributed by atoms with van der Waals surface area (Å²) in [6, 6.07) is 17.2. The summed E-state index contributed by atoms with van der Waals surface area (Å²) in [5.74, 6) is 0.806. The lowest BCUT2D eigenvalue weighted by atomic mass is 9.77. The number of ether oxygens (including phenoxy) is 1. The molecule has 2 aromatic carbocycles. The van der Waals surface area contributed by atoms with Crippen molar-refractivity contribution in [2.45, 2.75) is 38.6 Å². The van der Waals surface area contributed by atoms with E-state index < -0.39 is 5.41 Å². The Labute approximate surface area is 224 Å². The lowest BCUT2D eigenvalue weighted by Gasteiger charge is -2.43. The van der Waals surface area contributed by atoms with Crippen molar-refractivity contribution in [2.24, 2.45) is 12.5 Å². The normalized spacial score (nSPS) is 17.4. The van der Waals surface area contributed by atoms with Gasteiger partial charge in [-0.2, -0.15) is 5.10 Å². The van der Waals surface area contributed by atoms with Crippen molar-refractivity contribution < 1.29 is 14.3 Å². The van der Waals surface area contributed by atoms with Crippen LogP contribution in [0.3, 0.4) is 0 Å². The Morgan fingerprint density at radius 2 is 1.95 bits per heavy atom. The molecule has 1 aliphatic rings. The summed E-state index contributed by atoms with van der Waals surface area (Å²) in [6.07, 6.45) is 6.75. The standard InChI is InChI=1S/C29H35ClN4O3/c1-32(19-23-8-4-3-5-9-23)28(36)17-29(22-37-26-11-6-10-25(30)16-26)14-7-15-34(21-29)27(35)13-12-24-18-31-33(2)20-24/h3-6,8-11,16,18,20H,7,12-15,17,19,21-22H2,1-2H3/t29-/m0/s1. The Hall–Kier alpha value is -3.32. The zero-order valence-corrected chi connectivity index (χ0v) is 22.4. The Morgan fingerprint density at radius 1 is 1.14 bits per heavy atom. The van der Waals surface area contributed by atoms with E-state index in [-0.39, 0.29) is 11.8 Å². The van der Waals surface area contributed by atoms with E-state index in [0.717, 1.165) is 24.0 Å². The van der Waals surface area contributed by atoms with Crippen LogP contribution in [0.1, 0.15) is 36.8 Å². The van der Waals surface area contributed by atoms with E-state index in [4.69, 9.17) is 16.3 Å². The minimum absolute atomic E-state index is 0.0446. The summed E-state index contributed by atoms with van der Waals surface area (Å²) in [6.45, 7) is 2.06. The van der Waals surface area contributed by atoms with Crippen LogP contribution in [0.25, 0.3) is 0 Å². The van der Waals surface area contributed by atoms with Gasteiger partial charge in [0.1, 0.15) is 5.75 Å². The molecule has 7 nitrogen and oxygen atoms in total. The van der Waals surface area contributed by atoms with Crippen molar-refractivity contribution in [2.75, 3.05) is 26.7 Å². The highest BCUT2D eigenvalue weighted by atomic mass is 35.5. The van der Waals surface area contributed by atoms with E-state index in [9.17, 15) is 9.59 Å². The van der Waals surface area contributed by atoms with Gasteiger partial charge in [0.05, 0.1) is 12.8 Å². The first kappa shape index (κ1) is 26.7. The average molecular weight is 523 g/mol. The molecule has 0 radical (unpaired) electrons. The number of carbonyl (C=O) groups is 2. The van der Waals surface area contributed by atoms with Gasteiger partial charge in [0.2, 0.25) is 11.8 Å². The molecule has 1 aromatic heterocycles. The SMILES string of the molecule is CN(Cc1ccccc1)C(=O)C[C@@]1(COc2cccc(Cl)c2)CCCN(C(=O)CCc2cnn(C)c2)C1. The predicted molar refractivity (Wildman–Crippen MR) is 144 cm³/mol. The van der Waals surface area contributed by atoms with E-state index in [0.29, 0.717) is 56.3 Å². The van der Waals surface area contributed by atoms with E-state index in [2.05, 4.69) is 5.10 Å². The molecule has 1 saturated heterocycles. The second-order valence-electron chi connectivity index (χ2n) is 10.1. The van der Waals surface area contributed by atoms with Gasteiger partial charge in [0.25, 0.3) is 0 Å². The van der Waals surface area contributed by atoms with E-state index in [1.54, 1.807) is 27.9 Å². The Kier molecular flexibility index (Phi) is 8.87. The summed E-state index contributed by atoms with van der Waals surface area (Å²) in [4.78, 5) is 30.3. The molecule has 3 aromatic rings. The highest BCUT2D eigenvalue weighted by Gasteiger charge is 2.40. The number of likely N-dealkylation sites (tertiary alicyclic amines) is 1. The number of amides is 2. The minimum Gasteiger partial charge on any atom is -0.493 e. The monoisotopic (exact) mass is 522 g/mol. The van der Waals surface area contributed by atoms with Crippen LogP contribution >= 0.6 is 11.6 Å². The molecular weight excluding hydrogens is 488 g/mol. The second kappa shape index (κ2) is 12.3. The molecule has 0 spiro atoms.